The first kappa shape index (κ1) is 21.6. The molecule has 0 saturated heterocycles. The van der Waals surface area contributed by atoms with Crippen molar-refractivity contribution in [2.24, 2.45) is 5.10 Å². The van der Waals surface area contributed by atoms with Gasteiger partial charge in [0.05, 0.1) is 5.71 Å². The molecule has 0 fully saturated rings. The molecule has 3 aromatic carbocycles. The van der Waals surface area contributed by atoms with E-state index < -0.39 is 11.8 Å². The number of rotatable bonds is 6. The Hall–Kier alpha value is -4.59. The molecule has 4 rings (SSSR count). The molecule has 0 radical (unpaired) electrons. The molecule has 1 aliphatic rings. The van der Waals surface area contributed by atoms with Gasteiger partial charge in [-0.05, 0) is 55.0 Å². The molecule has 1 heterocycles. The predicted molar refractivity (Wildman–Crippen MR) is 123 cm³/mol. The van der Waals surface area contributed by atoms with Crippen LogP contribution in [0.25, 0.3) is 6.08 Å². The standard InChI is InChI=1S/C25H21N3O5/c1-16(19-9-5-6-10-21(19)29)27-28-25(31)20(26-24(30)18-7-3-2-4-8-18)13-17-11-12-22-23(14-17)33-15-32-22/h2-14,29H,15H2,1H3,(H,26,30)(H,28,31)/b20-13-,27-16-. The number of hydrogen-bond acceptors (Lipinski definition) is 6. The first-order valence-electron chi connectivity index (χ1n) is 10.1. The van der Waals surface area contributed by atoms with Crippen LogP contribution in [0, 0.1) is 0 Å². The highest BCUT2D eigenvalue weighted by atomic mass is 16.7. The van der Waals surface area contributed by atoms with Gasteiger partial charge >= 0.3 is 0 Å². The Labute approximate surface area is 190 Å². The quantitative estimate of drug-likeness (QED) is 0.307. The maximum absolute atomic E-state index is 12.9. The van der Waals surface area contributed by atoms with Gasteiger partial charge < -0.3 is 19.9 Å². The number of carbonyl (C=O) groups is 2. The Morgan fingerprint density at radius 3 is 2.48 bits per heavy atom. The fraction of sp³-hybridized carbons (Fsp3) is 0.0800. The van der Waals surface area contributed by atoms with Crippen LogP contribution in [0.3, 0.4) is 0 Å². The highest BCUT2D eigenvalue weighted by molar-refractivity contribution is 6.06. The van der Waals surface area contributed by atoms with E-state index in [1.165, 1.54) is 12.1 Å². The van der Waals surface area contributed by atoms with Crippen molar-refractivity contribution in [2.75, 3.05) is 6.79 Å². The zero-order valence-electron chi connectivity index (χ0n) is 17.7. The fourth-order valence-corrected chi connectivity index (χ4v) is 3.15. The number of hydrazone groups is 1. The summed E-state index contributed by atoms with van der Waals surface area (Å²) in [6, 6.07) is 20.4. The third-order valence-corrected chi connectivity index (χ3v) is 4.86. The molecule has 8 heteroatoms. The van der Waals surface area contributed by atoms with Crippen LogP contribution in [0.4, 0.5) is 0 Å². The second-order valence-corrected chi connectivity index (χ2v) is 7.15. The molecule has 0 spiro atoms. The molecule has 0 bridgehead atoms. The molecule has 33 heavy (non-hydrogen) atoms. The van der Waals surface area contributed by atoms with E-state index in [1.807, 2.05) is 0 Å². The minimum atomic E-state index is -0.633. The van der Waals surface area contributed by atoms with Gasteiger partial charge in [0.25, 0.3) is 11.8 Å². The molecule has 0 atom stereocenters. The van der Waals surface area contributed by atoms with Crippen LogP contribution in [-0.2, 0) is 4.79 Å². The highest BCUT2D eigenvalue weighted by Gasteiger charge is 2.17. The maximum atomic E-state index is 12.9. The van der Waals surface area contributed by atoms with E-state index in [0.717, 1.165) is 0 Å². The van der Waals surface area contributed by atoms with Gasteiger partial charge in [0.1, 0.15) is 11.4 Å². The number of amides is 2. The molecule has 0 saturated carbocycles. The Kier molecular flexibility index (Phi) is 6.36. The Morgan fingerprint density at radius 1 is 0.970 bits per heavy atom. The smallest absolute Gasteiger partial charge is 0.287 e. The Bertz CT molecular complexity index is 1250. The average Bonchev–Trinajstić information content (AvgIpc) is 3.30. The minimum absolute atomic E-state index is 0.0171. The molecular weight excluding hydrogens is 422 g/mol. The number of aromatic hydroxyl groups is 1. The number of carbonyl (C=O) groups excluding carboxylic acids is 2. The maximum Gasteiger partial charge on any atom is 0.287 e. The van der Waals surface area contributed by atoms with Crippen LogP contribution in [0.15, 0.2) is 83.6 Å². The van der Waals surface area contributed by atoms with Crippen molar-refractivity contribution >= 4 is 23.6 Å². The minimum Gasteiger partial charge on any atom is -0.507 e. The number of phenols is 1. The normalized spacial score (nSPS) is 12.9. The third-order valence-electron chi connectivity index (χ3n) is 4.86. The van der Waals surface area contributed by atoms with Crippen molar-refractivity contribution < 1.29 is 24.2 Å². The SMILES string of the molecule is C/C(=N/NC(=O)/C(=C/c1ccc2c(c1)OCO2)NC(=O)c1ccccc1)c1ccccc1O. The number of ether oxygens (including phenoxy) is 2. The zero-order valence-corrected chi connectivity index (χ0v) is 17.7. The number of para-hydroxylation sites is 1. The van der Waals surface area contributed by atoms with Crippen LogP contribution in [-0.4, -0.2) is 29.4 Å². The van der Waals surface area contributed by atoms with Gasteiger partial charge in [0, 0.05) is 11.1 Å². The Morgan fingerprint density at radius 2 is 1.70 bits per heavy atom. The summed E-state index contributed by atoms with van der Waals surface area (Å²) in [5.74, 6) is 0.119. The van der Waals surface area contributed by atoms with Gasteiger partial charge in [0.2, 0.25) is 6.79 Å². The summed E-state index contributed by atoms with van der Waals surface area (Å²) < 4.78 is 10.7. The van der Waals surface area contributed by atoms with Crippen molar-refractivity contribution in [3.05, 3.63) is 95.2 Å². The summed E-state index contributed by atoms with van der Waals surface area (Å²) in [4.78, 5) is 25.6. The topological polar surface area (TPSA) is 109 Å². The summed E-state index contributed by atoms with van der Waals surface area (Å²) in [5, 5.41) is 16.7. The van der Waals surface area contributed by atoms with Crippen molar-refractivity contribution in [1.82, 2.24) is 10.7 Å². The van der Waals surface area contributed by atoms with E-state index in [9.17, 15) is 14.7 Å². The van der Waals surface area contributed by atoms with E-state index in [1.54, 1.807) is 73.7 Å². The van der Waals surface area contributed by atoms with E-state index in [2.05, 4.69) is 15.8 Å². The van der Waals surface area contributed by atoms with Gasteiger partial charge in [0.15, 0.2) is 11.5 Å². The van der Waals surface area contributed by atoms with Crippen LogP contribution in [0.5, 0.6) is 17.2 Å². The van der Waals surface area contributed by atoms with Crippen LogP contribution in [0.2, 0.25) is 0 Å². The molecule has 8 nitrogen and oxygen atoms in total. The summed E-state index contributed by atoms with van der Waals surface area (Å²) in [6.45, 7) is 1.78. The molecule has 2 amide bonds. The number of benzene rings is 3. The van der Waals surface area contributed by atoms with Crippen LogP contribution >= 0.6 is 0 Å². The van der Waals surface area contributed by atoms with E-state index >= 15 is 0 Å². The number of hydrogen-bond donors (Lipinski definition) is 3. The second kappa shape index (κ2) is 9.69. The van der Waals surface area contributed by atoms with E-state index in [-0.39, 0.29) is 18.2 Å². The number of nitrogens with zero attached hydrogens (tertiary/aromatic N) is 1. The lowest BCUT2D eigenvalue weighted by Crippen LogP contribution is -2.33. The molecule has 0 aliphatic carbocycles. The third kappa shape index (κ3) is 5.19. The average molecular weight is 443 g/mol. The van der Waals surface area contributed by atoms with Gasteiger partial charge in [-0.3, -0.25) is 9.59 Å². The van der Waals surface area contributed by atoms with E-state index in [4.69, 9.17) is 9.47 Å². The first-order valence-corrected chi connectivity index (χ1v) is 10.1. The number of nitrogens with one attached hydrogen (secondary N) is 2. The molecule has 1 aliphatic heterocycles. The molecule has 3 aromatic rings. The first-order chi connectivity index (χ1) is 16.0. The lowest BCUT2D eigenvalue weighted by atomic mass is 10.1. The second-order valence-electron chi connectivity index (χ2n) is 7.15. The molecular formula is C25H21N3O5. The van der Waals surface area contributed by atoms with Gasteiger partial charge in [-0.25, -0.2) is 5.43 Å². The zero-order chi connectivity index (χ0) is 23.2. The molecule has 166 valence electrons. The Balaban J connectivity index is 1.60. The van der Waals surface area contributed by atoms with Gasteiger partial charge in [-0.2, -0.15) is 5.10 Å². The van der Waals surface area contributed by atoms with Crippen LogP contribution < -0.4 is 20.2 Å². The highest BCUT2D eigenvalue weighted by Crippen LogP contribution is 2.33. The van der Waals surface area contributed by atoms with Crippen molar-refractivity contribution in [1.29, 1.82) is 0 Å². The molecule has 0 aromatic heterocycles. The predicted octanol–water partition coefficient (Wildman–Crippen LogP) is 3.43. The lowest BCUT2D eigenvalue weighted by molar-refractivity contribution is -0.117. The summed E-state index contributed by atoms with van der Waals surface area (Å²) in [6.07, 6.45) is 1.52. The summed E-state index contributed by atoms with van der Waals surface area (Å²) in [5.41, 5.74) is 4.32. The lowest BCUT2D eigenvalue weighted by Gasteiger charge is -2.10. The van der Waals surface area contributed by atoms with Gasteiger partial charge in [-0.15, -0.1) is 0 Å². The summed E-state index contributed by atoms with van der Waals surface area (Å²) >= 11 is 0. The largest absolute Gasteiger partial charge is 0.507 e. The van der Waals surface area contributed by atoms with Crippen molar-refractivity contribution in [3.8, 4) is 17.2 Å². The summed E-state index contributed by atoms with van der Waals surface area (Å²) in [7, 11) is 0. The number of fused-ring (bicyclic) bond motifs is 1. The monoisotopic (exact) mass is 443 g/mol. The van der Waals surface area contributed by atoms with Crippen molar-refractivity contribution in [3.63, 3.8) is 0 Å². The molecule has 0 unspecified atom stereocenters. The van der Waals surface area contributed by atoms with Crippen LogP contribution in [0.1, 0.15) is 28.4 Å². The van der Waals surface area contributed by atoms with Gasteiger partial charge in [-0.1, -0.05) is 36.4 Å². The number of phenolic OH excluding ortho intramolecular Hbond substituents is 1. The fourth-order valence-electron chi connectivity index (χ4n) is 3.15. The van der Waals surface area contributed by atoms with Crippen molar-refractivity contribution in [2.45, 2.75) is 6.92 Å². The molecule has 3 N–H and O–H groups in total. The van der Waals surface area contributed by atoms with E-state index in [0.29, 0.717) is 33.9 Å².